The van der Waals surface area contributed by atoms with E-state index in [0.717, 1.165) is 6.07 Å². The van der Waals surface area contributed by atoms with Crippen LogP contribution in [0.4, 0.5) is 17.6 Å². The van der Waals surface area contributed by atoms with E-state index in [1.165, 1.54) is 7.11 Å². The monoisotopic (exact) mass is 292 g/mol. The molecule has 0 aliphatic heterocycles. The number of Topliss-reactive ketones (excluding diaryl/α,β-unsaturated/α-hetero) is 1. The van der Waals surface area contributed by atoms with Crippen LogP contribution in [0.1, 0.15) is 42.6 Å². The van der Waals surface area contributed by atoms with Crippen molar-refractivity contribution in [2.75, 3.05) is 7.11 Å². The molecule has 0 fully saturated rings. The van der Waals surface area contributed by atoms with E-state index >= 15 is 0 Å². The van der Waals surface area contributed by atoms with Gasteiger partial charge >= 0.3 is 6.18 Å². The first-order chi connectivity index (χ1) is 9.21. The molecule has 0 spiro atoms. The topological polar surface area (TPSA) is 26.3 Å². The predicted molar refractivity (Wildman–Crippen MR) is 66.1 cm³/mol. The van der Waals surface area contributed by atoms with Crippen molar-refractivity contribution in [3.05, 3.63) is 35.1 Å². The minimum atomic E-state index is -4.78. The molecule has 0 N–H and O–H groups in total. The highest BCUT2D eigenvalue weighted by Gasteiger charge is 2.38. The molecule has 0 aliphatic carbocycles. The first kappa shape index (κ1) is 16.6. The summed E-state index contributed by atoms with van der Waals surface area (Å²) in [6.07, 6.45) is -4.08. The largest absolute Gasteiger partial charge is 0.419 e. The first-order valence-electron chi connectivity index (χ1n) is 6.18. The zero-order chi connectivity index (χ0) is 15.6. The van der Waals surface area contributed by atoms with Crippen molar-refractivity contribution in [2.24, 2.45) is 0 Å². The summed E-state index contributed by atoms with van der Waals surface area (Å²) in [6.45, 7) is 3.46. The van der Waals surface area contributed by atoms with Gasteiger partial charge in [-0.15, -0.1) is 0 Å². The maximum atomic E-state index is 13.5. The number of alkyl halides is 3. The standard InChI is InChI=1S/C14H16F4O2/c1-4-13(5-2,20-3)12(19)9-6-7-10(11(15)8-9)14(16,17)18/h6-8H,4-5H2,1-3H3. The Morgan fingerprint density at radius 3 is 2.10 bits per heavy atom. The van der Waals surface area contributed by atoms with Crippen molar-refractivity contribution < 1.29 is 27.1 Å². The van der Waals surface area contributed by atoms with Gasteiger partial charge in [0.1, 0.15) is 11.4 Å². The molecule has 0 aliphatic rings. The Bertz CT molecular complexity index is 482. The normalized spacial score (nSPS) is 12.6. The molecule has 1 aromatic carbocycles. The van der Waals surface area contributed by atoms with Crippen LogP contribution in [0.15, 0.2) is 18.2 Å². The molecule has 0 atom stereocenters. The van der Waals surface area contributed by atoms with Crippen LogP contribution in [0, 0.1) is 5.82 Å². The van der Waals surface area contributed by atoms with Gasteiger partial charge in [-0.05, 0) is 25.0 Å². The molecule has 0 saturated heterocycles. The molecule has 2 nitrogen and oxygen atoms in total. The van der Waals surface area contributed by atoms with Crippen LogP contribution < -0.4 is 0 Å². The van der Waals surface area contributed by atoms with Crippen molar-refractivity contribution in [1.29, 1.82) is 0 Å². The van der Waals surface area contributed by atoms with Crippen molar-refractivity contribution >= 4 is 5.78 Å². The van der Waals surface area contributed by atoms with Crippen LogP contribution in [0.3, 0.4) is 0 Å². The third-order valence-corrected chi connectivity index (χ3v) is 3.48. The number of hydrogen-bond acceptors (Lipinski definition) is 2. The van der Waals surface area contributed by atoms with Crippen LogP contribution in [0.25, 0.3) is 0 Å². The summed E-state index contributed by atoms with van der Waals surface area (Å²) in [5, 5.41) is 0. The number of halogens is 4. The van der Waals surface area contributed by atoms with E-state index < -0.39 is 28.9 Å². The fourth-order valence-electron chi connectivity index (χ4n) is 2.10. The number of carbonyl (C=O) groups is 1. The van der Waals surface area contributed by atoms with E-state index in [1.807, 2.05) is 0 Å². The Morgan fingerprint density at radius 1 is 1.20 bits per heavy atom. The Labute approximate surface area is 114 Å². The van der Waals surface area contributed by atoms with Crippen LogP contribution >= 0.6 is 0 Å². The SMILES string of the molecule is CCC(CC)(OC)C(=O)c1ccc(C(F)(F)F)c(F)c1. The summed E-state index contributed by atoms with van der Waals surface area (Å²) in [7, 11) is 1.35. The van der Waals surface area contributed by atoms with E-state index in [1.54, 1.807) is 13.8 Å². The van der Waals surface area contributed by atoms with Gasteiger partial charge in [-0.25, -0.2) is 4.39 Å². The lowest BCUT2D eigenvalue weighted by Crippen LogP contribution is -2.39. The lowest BCUT2D eigenvalue weighted by molar-refractivity contribution is -0.140. The minimum Gasteiger partial charge on any atom is -0.370 e. The van der Waals surface area contributed by atoms with Gasteiger partial charge in [0, 0.05) is 12.7 Å². The highest BCUT2D eigenvalue weighted by Crippen LogP contribution is 2.33. The van der Waals surface area contributed by atoms with Gasteiger partial charge in [0.2, 0.25) is 0 Å². The molecule has 0 amide bonds. The van der Waals surface area contributed by atoms with Crippen molar-refractivity contribution in [2.45, 2.75) is 38.5 Å². The Balaban J connectivity index is 3.23. The number of benzene rings is 1. The van der Waals surface area contributed by atoms with Crippen LogP contribution in [0.5, 0.6) is 0 Å². The average molecular weight is 292 g/mol. The molecule has 1 rings (SSSR count). The highest BCUT2D eigenvalue weighted by atomic mass is 19.4. The fraction of sp³-hybridized carbons (Fsp3) is 0.500. The number of rotatable bonds is 5. The second kappa shape index (κ2) is 5.91. The first-order valence-corrected chi connectivity index (χ1v) is 6.18. The average Bonchev–Trinajstić information content (AvgIpc) is 2.39. The number of ketones is 1. The van der Waals surface area contributed by atoms with Crippen molar-refractivity contribution in [1.82, 2.24) is 0 Å². The van der Waals surface area contributed by atoms with Gasteiger partial charge in [-0.1, -0.05) is 19.9 Å². The molecule has 0 saturated carbocycles. The zero-order valence-electron chi connectivity index (χ0n) is 11.5. The van der Waals surface area contributed by atoms with E-state index in [0.29, 0.717) is 25.0 Å². The van der Waals surface area contributed by atoms with Gasteiger partial charge in [0.25, 0.3) is 0 Å². The molecule has 0 unspecified atom stereocenters. The summed E-state index contributed by atoms with van der Waals surface area (Å²) in [6, 6.07) is 2.17. The number of hydrogen-bond donors (Lipinski definition) is 0. The molecule has 0 aromatic heterocycles. The van der Waals surface area contributed by atoms with E-state index in [9.17, 15) is 22.4 Å². The van der Waals surface area contributed by atoms with Crippen LogP contribution in [0.2, 0.25) is 0 Å². The molecular formula is C14H16F4O2. The number of ether oxygens (including phenoxy) is 1. The van der Waals surface area contributed by atoms with Gasteiger partial charge in [0.15, 0.2) is 5.78 Å². The van der Waals surface area contributed by atoms with Crippen molar-refractivity contribution in [3.63, 3.8) is 0 Å². The summed E-state index contributed by atoms with van der Waals surface area (Å²) < 4.78 is 56.1. The van der Waals surface area contributed by atoms with Crippen LogP contribution in [-0.2, 0) is 10.9 Å². The molecule has 112 valence electrons. The van der Waals surface area contributed by atoms with Gasteiger partial charge in [0.05, 0.1) is 5.56 Å². The molecule has 0 bridgehead atoms. The van der Waals surface area contributed by atoms with Gasteiger partial charge < -0.3 is 4.74 Å². The lowest BCUT2D eigenvalue weighted by Gasteiger charge is -2.28. The van der Waals surface area contributed by atoms with Crippen LogP contribution in [-0.4, -0.2) is 18.5 Å². The van der Waals surface area contributed by atoms with E-state index in [4.69, 9.17) is 4.74 Å². The smallest absolute Gasteiger partial charge is 0.370 e. The highest BCUT2D eigenvalue weighted by molar-refractivity contribution is 6.02. The molecule has 1 aromatic rings. The summed E-state index contributed by atoms with van der Waals surface area (Å²) in [4.78, 5) is 12.3. The molecular weight excluding hydrogens is 276 g/mol. The predicted octanol–water partition coefficient (Wildman–Crippen LogP) is 4.23. The quantitative estimate of drug-likeness (QED) is 0.599. The number of methoxy groups -OCH3 is 1. The van der Waals surface area contributed by atoms with E-state index in [2.05, 4.69) is 0 Å². The minimum absolute atomic E-state index is 0.124. The Kier molecular flexibility index (Phi) is 4.91. The summed E-state index contributed by atoms with van der Waals surface area (Å²) >= 11 is 0. The third kappa shape index (κ3) is 3.00. The zero-order valence-corrected chi connectivity index (χ0v) is 11.5. The Morgan fingerprint density at radius 2 is 1.75 bits per heavy atom. The lowest BCUT2D eigenvalue weighted by atomic mass is 9.87. The fourth-order valence-corrected chi connectivity index (χ4v) is 2.10. The second-order valence-corrected chi connectivity index (χ2v) is 4.43. The molecule has 0 heterocycles. The molecule has 6 heteroatoms. The van der Waals surface area contributed by atoms with Gasteiger partial charge in [-0.2, -0.15) is 13.2 Å². The number of carbonyl (C=O) groups excluding carboxylic acids is 1. The van der Waals surface area contributed by atoms with Crippen molar-refractivity contribution in [3.8, 4) is 0 Å². The summed E-state index contributed by atoms with van der Waals surface area (Å²) in [5.74, 6) is -1.97. The molecule has 20 heavy (non-hydrogen) atoms. The second-order valence-electron chi connectivity index (χ2n) is 4.43. The van der Waals surface area contributed by atoms with E-state index in [-0.39, 0.29) is 5.56 Å². The third-order valence-electron chi connectivity index (χ3n) is 3.48. The maximum absolute atomic E-state index is 13.5. The Hall–Kier alpha value is -1.43. The summed E-state index contributed by atoms with van der Waals surface area (Å²) in [5.41, 5.74) is -2.64. The maximum Gasteiger partial charge on any atom is 0.419 e. The molecule has 0 radical (unpaired) electrons. The van der Waals surface area contributed by atoms with Gasteiger partial charge in [-0.3, -0.25) is 4.79 Å².